The summed E-state index contributed by atoms with van der Waals surface area (Å²) in [7, 11) is -3.60. The van der Waals surface area contributed by atoms with E-state index in [2.05, 4.69) is 20.4 Å². The highest BCUT2D eigenvalue weighted by Gasteiger charge is 2.17. The van der Waals surface area contributed by atoms with Crippen LogP contribution < -0.4 is 10.0 Å². The summed E-state index contributed by atoms with van der Waals surface area (Å²) in [4.78, 5) is 12.6. The number of rotatable bonds is 7. The van der Waals surface area contributed by atoms with Crippen LogP contribution in [0.25, 0.3) is 5.69 Å². The Bertz CT molecular complexity index is 1050. The number of carbonyl (C=O) groups excluding carboxylic acids is 1. The van der Waals surface area contributed by atoms with Crippen molar-refractivity contribution in [1.82, 2.24) is 19.7 Å². The Kier molecular flexibility index (Phi) is 5.86. The fourth-order valence-electron chi connectivity index (χ4n) is 2.48. The average molecular weight is 399 g/mol. The minimum absolute atomic E-state index is 0.123. The predicted molar refractivity (Wildman–Crippen MR) is 106 cm³/mol. The lowest BCUT2D eigenvalue weighted by molar-refractivity contribution is 0.102. The highest BCUT2D eigenvalue weighted by molar-refractivity contribution is 7.89. The summed E-state index contributed by atoms with van der Waals surface area (Å²) >= 11 is 0. The summed E-state index contributed by atoms with van der Waals surface area (Å²) in [5.41, 5.74) is 1.70. The molecule has 3 rings (SSSR count). The first kappa shape index (κ1) is 19.7. The molecule has 3 aromatic rings. The van der Waals surface area contributed by atoms with Crippen molar-refractivity contribution in [2.75, 3.05) is 5.32 Å². The second kappa shape index (κ2) is 8.32. The fraction of sp³-hybridized carbons (Fsp3) is 0.211. The van der Waals surface area contributed by atoms with Gasteiger partial charge in [0.1, 0.15) is 0 Å². The molecule has 146 valence electrons. The second-order valence-corrected chi connectivity index (χ2v) is 8.02. The van der Waals surface area contributed by atoms with Crippen molar-refractivity contribution in [1.29, 1.82) is 0 Å². The molecule has 0 aliphatic heterocycles. The maximum atomic E-state index is 12.5. The number of nitrogens with zero attached hydrogens (tertiary/aromatic N) is 3. The maximum Gasteiger partial charge on any atom is 0.255 e. The van der Waals surface area contributed by atoms with Gasteiger partial charge in [0, 0.05) is 17.3 Å². The van der Waals surface area contributed by atoms with Crippen molar-refractivity contribution in [3.8, 4) is 5.69 Å². The van der Waals surface area contributed by atoms with Gasteiger partial charge in [0.2, 0.25) is 10.0 Å². The Morgan fingerprint density at radius 3 is 2.57 bits per heavy atom. The zero-order valence-electron chi connectivity index (χ0n) is 15.5. The largest absolute Gasteiger partial charge is 0.322 e. The van der Waals surface area contributed by atoms with E-state index in [4.69, 9.17) is 0 Å². The summed E-state index contributed by atoms with van der Waals surface area (Å²) in [5.74, 6) is -0.338. The van der Waals surface area contributed by atoms with Crippen LogP contribution in [0.4, 0.5) is 5.69 Å². The molecule has 0 saturated carbocycles. The molecular formula is C19H21N5O3S. The molecule has 1 heterocycles. The van der Waals surface area contributed by atoms with E-state index in [1.165, 1.54) is 24.3 Å². The first-order valence-electron chi connectivity index (χ1n) is 8.79. The van der Waals surface area contributed by atoms with Gasteiger partial charge in [-0.1, -0.05) is 18.2 Å². The lowest BCUT2D eigenvalue weighted by Crippen LogP contribution is -2.32. The first-order valence-corrected chi connectivity index (χ1v) is 10.3. The normalized spacial score (nSPS) is 12.5. The van der Waals surface area contributed by atoms with Gasteiger partial charge in [-0.05, 0) is 55.8 Å². The average Bonchev–Trinajstić information content (AvgIpc) is 3.23. The van der Waals surface area contributed by atoms with E-state index in [9.17, 15) is 13.2 Å². The number of carbonyl (C=O) groups is 1. The third kappa shape index (κ3) is 4.62. The fourth-order valence-corrected chi connectivity index (χ4v) is 3.80. The quantitative estimate of drug-likeness (QED) is 0.635. The van der Waals surface area contributed by atoms with Crippen LogP contribution in [0, 0.1) is 0 Å². The summed E-state index contributed by atoms with van der Waals surface area (Å²) in [5, 5.41) is 10.5. The van der Waals surface area contributed by atoms with Crippen LogP contribution in [0.5, 0.6) is 0 Å². The van der Waals surface area contributed by atoms with Crippen LogP contribution in [0.1, 0.15) is 30.6 Å². The van der Waals surface area contributed by atoms with Crippen molar-refractivity contribution in [3.05, 3.63) is 66.5 Å². The molecule has 2 N–H and O–H groups in total. The zero-order valence-corrected chi connectivity index (χ0v) is 16.3. The van der Waals surface area contributed by atoms with Crippen molar-refractivity contribution in [2.45, 2.75) is 31.2 Å². The summed E-state index contributed by atoms with van der Waals surface area (Å²) in [6, 6.07) is 12.8. The molecular weight excluding hydrogens is 378 g/mol. The van der Waals surface area contributed by atoms with Crippen molar-refractivity contribution in [2.24, 2.45) is 0 Å². The van der Waals surface area contributed by atoms with E-state index in [1.54, 1.807) is 42.2 Å². The minimum Gasteiger partial charge on any atom is -0.322 e. The lowest BCUT2D eigenvalue weighted by Gasteiger charge is -2.12. The summed E-state index contributed by atoms with van der Waals surface area (Å²) < 4.78 is 28.8. The lowest BCUT2D eigenvalue weighted by atomic mass is 10.2. The number of nitrogens with one attached hydrogen (secondary N) is 2. The molecule has 0 spiro atoms. The molecule has 1 unspecified atom stereocenters. The van der Waals surface area contributed by atoms with E-state index < -0.39 is 10.0 Å². The second-order valence-electron chi connectivity index (χ2n) is 6.31. The Labute approximate surface area is 163 Å². The van der Waals surface area contributed by atoms with E-state index in [0.717, 1.165) is 5.69 Å². The summed E-state index contributed by atoms with van der Waals surface area (Å²) in [6.45, 7) is 3.70. The van der Waals surface area contributed by atoms with Gasteiger partial charge in [-0.3, -0.25) is 4.79 Å². The smallest absolute Gasteiger partial charge is 0.255 e. The van der Waals surface area contributed by atoms with Gasteiger partial charge in [0.15, 0.2) is 0 Å². The number of anilines is 1. The van der Waals surface area contributed by atoms with Gasteiger partial charge in [-0.2, -0.15) is 0 Å². The van der Waals surface area contributed by atoms with Crippen LogP contribution in [0.15, 0.2) is 65.8 Å². The van der Waals surface area contributed by atoms with Gasteiger partial charge in [-0.25, -0.2) is 17.8 Å². The molecule has 0 aliphatic carbocycles. The van der Waals surface area contributed by atoms with Crippen molar-refractivity contribution in [3.63, 3.8) is 0 Å². The van der Waals surface area contributed by atoms with Crippen molar-refractivity contribution >= 4 is 21.6 Å². The molecule has 1 aromatic heterocycles. The molecule has 9 heteroatoms. The molecule has 0 radical (unpaired) electrons. The van der Waals surface area contributed by atoms with Crippen LogP contribution in [-0.2, 0) is 10.0 Å². The van der Waals surface area contributed by atoms with Crippen LogP contribution >= 0.6 is 0 Å². The highest BCUT2D eigenvalue weighted by atomic mass is 32.2. The van der Waals surface area contributed by atoms with E-state index in [-0.39, 0.29) is 16.8 Å². The van der Waals surface area contributed by atoms with E-state index in [1.807, 2.05) is 13.0 Å². The molecule has 0 bridgehead atoms. The molecule has 0 fully saturated rings. The topological polar surface area (TPSA) is 106 Å². The van der Waals surface area contributed by atoms with Gasteiger partial charge < -0.3 is 5.32 Å². The first-order chi connectivity index (χ1) is 13.4. The van der Waals surface area contributed by atoms with Gasteiger partial charge in [0.25, 0.3) is 5.91 Å². The van der Waals surface area contributed by atoms with Gasteiger partial charge >= 0.3 is 0 Å². The standard InChI is InChI=1S/C19H21N5O3S/c1-3-14(2)22-28(26,27)18-9-7-15(8-10-18)19(25)21-16-5-4-6-17(13-16)24-12-11-20-23-24/h4-14,22H,3H2,1-2H3,(H,21,25). The number of aromatic nitrogens is 3. The monoisotopic (exact) mass is 399 g/mol. The number of hydrogen-bond acceptors (Lipinski definition) is 5. The number of hydrogen-bond donors (Lipinski definition) is 2. The molecule has 1 amide bonds. The van der Waals surface area contributed by atoms with Crippen LogP contribution in [0.3, 0.4) is 0 Å². The number of sulfonamides is 1. The van der Waals surface area contributed by atoms with Crippen LogP contribution in [-0.4, -0.2) is 35.4 Å². The summed E-state index contributed by atoms with van der Waals surface area (Å²) in [6.07, 6.45) is 3.96. The van der Waals surface area contributed by atoms with Gasteiger partial charge in [-0.15, -0.1) is 5.10 Å². The molecule has 1 atom stereocenters. The minimum atomic E-state index is -3.60. The predicted octanol–water partition coefficient (Wildman–Crippen LogP) is 2.60. The molecule has 0 aliphatic rings. The number of amides is 1. The maximum absolute atomic E-state index is 12.5. The molecule has 8 nitrogen and oxygen atoms in total. The van der Waals surface area contributed by atoms with Crippen LogP contribution in [0.2, 0.25) is 0 Å². The Morgan fingerprint density at radius 1 is 1.18 bits per heavy atom. The third-order valence-corrected chi connectivity index (χ3v) is 5.79. The Balaban J connectivity index is 1.73. The molecule has 28 heavy (non-hydrogen) atoms. The zero-order chi connectivity index (χ0) is 20.1. The van der Waals surface area contributed by atoms with Gasteiger partial charge in [0.05, 0.1) is 23.0 Å². The Hall–Kier alpha value is -3.04. The van der Waals surface area contributed by atoms with E-state index >= 15 is 0 Å². The van der Waals surface area contributed by atoms with E-state index in [0.29, 0.717) is 17.7 Å². The molecule has 0 saturated heterocycles. The number of benzene rings is 2. The third-order valence-electron chi connectivity index (χ3n) is 4.19. The Morgan fingerprint density at radius 2 is 1.93 bits per heavy atom. The van der Waals surface area contributed by atoms with Crippen molar-refractivity contribution < 1.29 is 13.2 Å². The highest BCUT2D eigenvalue weighted by Crippen LogP contribution is 2.16. The SMILES string of the molecule is CCC(C)NS(=O)(=O)c1ccc(C(=O)Nc2cccc(-n3ccnn3)c2)cc1. The molecule has 2 aromatic carbocycles.